The van der Waals surface area contributed by atoms with E-state index in [-0.39, 0.29) is 22.8 Å². The number of aryl methyl sites for hydroxylation is 1. The summed E-state index contributed by atoms with van der Waals surface area (Å²) in [5.74, 6) is -1.36. The van der Waals surface area contributed by atoms with E-state index < -0.39 is 17.3 Å². The number of nitriles is 1. The van der Waals surface area contributed by atoms with E-state index in [1.807, 2.05) is 19.1 Å². The SMILES string of the molecule is COC(=O)C1=C(C)OC(N)=C(C#N)[C@@]12C(=O)Nc1ccc(C)cc12. The molecule has 24 heavy (non-hydrogen) atoms. The zero-order valence-corrected chi connectivity index (χ0v) is 13.4. The summed E-state index contributed by atoms with van der Waals surface area (Å²) in [7, 11) is 1.20. The molecule has 1 aromatic rings. The number of nitrogens with zero attached hydrogens (tertiary/aromatic N) is 1. The molecule has 122 valence electrons. The van der Waals surface area contributed by atoms with Crippen molar-refractivity contribution in [3.8, 4) is 6.07 Å². The predicted molar refractivity (Wildman–Crippen MR) is 84.1 cm³/mol. The van der Waals surface area contributed by atoms with E-state index in [1.54, 1.807) is 12.1 Å². The first-order valence-electron chi connectivity index (χ1n) is 7.18. The molecule has 0 bridgehead atoms. The maximum absolute atomic E-state index is 13.0. The molecule has 0 fully saturated rings. The molecular weight excluding hydrogens is 310 g/mol. The molecule has 2 heterocycles. The van der Waals surface area contributed by atoms with Crippen LogP contribution >= 0.6 is 0 Å². The normalized spacial score (nSPS) is 22.0. The standard InChI is InChI=1S/C17H15N3O4/c1-8-4-5-12-10(6-8)17(16(22)20-12)11(7-18)14(19)24-9(2)13(17)15(21)23-3/h4-6H,19H2,1-3H3,(H,20,22)/t17-/m1/s1. The number of nitrogens with two attached hydrogens (primary N) is 1. The van der Waals surface area contributed by atoms with E-state index in [0.29, 0.717) is 11.3 Å². The molecule has 2 aliphatic rings. The Morgan fingerprint density at radius 3 is 2.75 bits per heavy atom. The number of amides is 1. The predicted octanol–water partition coefficient (Wildman–Crippen LogP) is 1.36. The number of nitrogens with one attached hydrogen (secondary N) is 1. The second-order valence-corrected chi connectivity index (χ2v) is 5.63. The minimum Gasteiger partial charge on any atom is -0.466 e. The van der Waals surface area contributed by atoms with Crippen molar-refractivity contribution in [1.82, 2.24) is 0 Å². The summed E-state index contributed by atoms with van der Waals surface area (Å²) >= 11 is 0. The number of methoxy groups -OCH3 is 1. The smallest absolute Gasteiger partial charge is 0.339 e. The van der Waals surface area contributed by atoms with Crippen molar-refractivity contribution in [2.45, 2.75) is 19.3 Å². The summed E-state index contributed by atoms with van der Waals surface area (Å²) in [5.41, 5.74) is 5.89. The maximum Gasteiger partial charge on any atom is 0.339 e. The van der Waals surface area contributed by atoms with Gasteiger partial charge in [0.15, 0.2) is 5.41 Å². The van der Waals surface area contributed by atoms with Crippen molar-refractivity contribution < 1.29 is 19.1 Å². The molecule has 0 aliphatic carbocycles. The molecule has 1 amide bonds. The minimum atomic E-state index is -1.67. The number of fused-ring (bicyclic) bond motifs is 2. The lowest BCUT2D eigenvalue weighted by Crippen LogP contribution is -2.45. The molecule has 1 aromatic carbocycles. The van der Waals surface area contributed by atoms with Crippen LogP contribution in [0.2, 0.25) is 0 Å². The van der Waals surface area contributed by atoms with E-state index >= 15 is 0 Å². The average Bonchev–Trinajstić information content (AvgIpc) is 2.80. The Hall–Kier alpha value is -3.27. The van der Waals surface area contributed by atoms with Crippen LogP contribution in [0.4, 0.5) is 5.69 Å². The molecule has 7 heteroatoms. The molecular formula is C17H15N3O4. The Labute approximate surface area is 138 Å². The third kappa shape index (κ3) is 1.77. The number of carbonyl (C=O) groups excluding carboxylic acids is 2. The van der Waals surface area contributed by atoms with E-state index in [2.05, 4.69) is 5.32 Å². The molecule has 1 atom stereocenters. The van der Waals surface area contributed by atoms with E-state index in [1.165, 1.54) is 14.0 Å². The van der Waals surface area contributed by atoms with Crippen LogP contribution < -0.4 is 11.1 Å². The Bertz CT molecular complexity index is 892. The van der Waals surface area contributed by atoms with Gasteiger partial charge in [-0.3, -0.25) is 4.79 Å². The lowest BCUT2D eigenvalue weighted by atomic mass is 9.68. The van der Waals surface area contributed by atoms with Crippen molar-refractivity contribution in [3.05, 3.63) is 52.1 Å². The second kappa shape index (κ2) is 5.13. The van der Waals surface area contributed by atoms with Crippen LogP contribution in [-0.4, -0.2) is 19.0 Å². The van der Waals surface area contributed by atoms with Crippen molar-refractivity contribution in [2.24, 2.45) is 5.73 Å². The zero-order chi connectivity index (χ0) is 17.6. The van der Waals surface area contributed by atoms with E-state index in [4.69, 9.17) is 15.2 Å². The number of rotatable bonds is 1. The van der Waals surface area contributed by atoms with Gasteiger partial charge in [0.05, 0.1) is 7.11 Å². The number of esters is 1. The fraction of sp³-hybridized carbons (Fsp3) is 0.235. The van der Waals surface area contributed by atoms with E-state index in [9.17, 15) is 14.9 Å². The molecule has 2 aliphatic heterocycles. The number of benzene rings is 1. The van der Waals surface area contributed by atoms with Gasteiger partial charge in [0.2, 0.25) is 11.8 Å². The van der Waals surface area contributed by atoms with Gasteiger partial charge in [-0.1, -0.05) is 17.7 Å². The summed E-state index contributed by atoms with van der Waals surface area (Å²) in [6, 6.07) is 7.23. The Morgan fingerprint density at radius 2 is 2.12 bits per heavy atom. The summed E-state index contributed by atoms with van der Waals surface area (Å²) in [6.07, 6.45) is 0. The Morgan fingerprint density at radius 1 is 1.42 bits per heavy atom. The third-order valence-electron chi connectivity index (χ3n) is 4.28. The largest absolute Gasteiger partial charge is 0.466 e. The van der Waals surface area contributed by atoms with Crippen molar-refractivity contribution in [1.29, 1.82) is 5.26 Å². The number of allylic oxidation sites excluding steroid dienone is 1. The first-order chi connectivity index (χ1) is 11.4. The van der Waals surface area contributed by atoms with Crippen LogP contribution in [0.3, 0.4) is 0 Å². The van der Waals surface area contributed by atoms with Crippen molar-refractivity contribution >= 4 is 17.6 Å². The molecule has 0 saturated carbocycles. The number of hydrogen-bond donors (Lipinski definition) is 2. The molecule has 1 spiro atoms. The van der Waals surface area contributed by atoms with E-state index in [0.717, 1.165) is 5.56 Å². The topological polar surface area (TPSA) is 114 Å². The lowest BCUT2D eigenvalue weighted by molar-refractivity contribution is -0.138. The summed E-state index contributed by atoms with van der Waals surface area (Å²) in [6.45, 7) is 3.36. The minimum absolute atomic E-state index is 0.0439. The van der Waals surface area contributed by atoms with Gasteiger partial charge < -0.3 is 20.5 Å². The van der Waals surface area contributed by atoms with Crippen LogP contribution in [0, 0.1) is 18.3 Å². The molecule has 0 aromatic heterocycles. The first-order valence-corrected chi connectivity index (χ1v) is 7.18. The third-order valence-corrected chi connectivity index (χ3v) is 4.28. The molecule has 7 nitrogen and oxygen atoms in total. The molecule has 3 N–H and O–H groups in total. The van der Waals surface area contributed by atoms with Crippen molar-refractivity contribution in [2.75, 3.05) is 12.4 Å². The maximum atomic E-state index is 13.0. The van der Waals surface area contributed by atoms with Gasteiger partial charge in [-0.15, -0.1) is 0 Å². The molecule has 0 radical (unpaired) electrons. The molecule has 3 rings (SSSR count). The van der Waals surface area contributed by atoms with Gasteiger partial charge in [-0.25, -0.2) is 4.79 Å². The highest BCUT2D eigenvalue weighted by molar-refractivity contribution is 6.17. The van der Waals surface area contributed by atoms with Gasteiger partial charge in [-0.2, -0.15) is 5.26 Å². The highest BCUT2D eigenvalue weighted by Gasteiger charge is 2.59. The second-order valence-electron chi connectivity index (χ2n) is 5.63. The van der Waals surface area contributed by atoms with Gasteiger partial charge in [0.25, 0.3) is 0 Å². The fourth-order valence-electron chi connectivity index (χ4n) is 3.29. The Kier molecular flexibility index (Phi) is 3.34. The summed E-state index contributed by atoms with van der Waals surface area (Å²) in [4.78, 5) is 25.4. The van der Waals surface area contributed by atoms with Crippen LogP contribution in [0.15, 0.2) is 41.0 Å². The van der Waals surface area contributed by atoms with Gasteiger partial charge in [0, 0.05) is 11.3 Å². The van der Waals surface area contributed by atoms with Crippen LogP contribution in [-0.2, 0) is 24.5 Å². The lowest BCUT2D eigenvalue weighted by Gasteiger charge is -2.33. The Balaban J connectivity index is 2.46. The zero-order valence-electron chi connectivity index (χ0n) is 13.4. The summed E-state index contributed by atoms with van der Waals surface area (Å²) in [5, 5.41) is 12.4. The number of hydrogen-bond acceptors (Lipinski definition) is 6. The number of anilines is 1. The van der Waals surface area contributed by atoms with Crippen molar-refractivity contribution in [3.63, 3.8) is 0 Å². The highest BCUT2D eigenvalue weighted by Crippen LogP contribution is 2.52. The number of carbonyl (C=O) groups is 2. The monoisotopic (exact) mass is 325 g/mol. The van der Waals surface area contributed by atoms with Gasteiger partial charge in [0.1, 0.15) is 23.0 Å². The van der Waals surface area contributed by atoms with Crippen LogP contribution in [0.1, 0.15) is 18.1 Å². The first kappa shape index (κ1) is 15.6. The number of ether oxygens (including phenoxy) is 2. The quantitative estimate of drug-likeness (QED) is 0.753. The molecule has 0 saturated heterocycles. The fourth-order valence-corrected chi connectivity index (χ4v) is 3.29. The van der Waals surface area contributed by atoms with Crippen LogP contribution in [0.25, 0.3) is 0 Å². The average molecular weight is 325 g/mol. The summed E-state index contributed by atoms with van der Waals surface area (Å²) < 4.78 is 10.2. The highest BCUT2D eigenvalue weighted by atomic mass is 16.5. The van der Waals surface area contributed by atoms with Crippen LogP contribution in [0.5, 0.6) is 0 Å². The molecule has 0 unspecified atom stereocenters. The van der Waals surface area contributed by atoms with Gasteiger partial charge >= 0.3 is 5.97 Å². The van der Waals surface area contributed by atoms with Gasteiger partial charge in [-0.05, 0) is 19.9 Å².